The van der Waals surface area contributed by atoms with E-state index in [0.717, 1.165) is 19.3 Å². The first-order valence-corrected chi connectivity index (χ1v) is 7.26. The van der Waals surface area contributed by atoms with Gasteiger partial charge in [-0.15, -0.1) is 0 Å². The highest BCUT2D eigenvalue weighted by Crippen LogP contribution is 2.11. The van der Waals surface area contributed by atoms with Crippen LogP contribution in [0.1, 0.15) is 53.9 Å². The third-order valence-electron chi connectivity index (χ3n) is 2.08. The van der Waals surface area contributed by atoms with E-state index < -0.39 is 21.7 Å². The Labute approximate surface area is 101 Å². The molecule has 0 radical (unpaired) electrons. The van der Waals surface area contributed by atoms with Crippen LogP contribution < -0.4 is 0 Å². The number of ether oxygens (including phenoxy) is 1. The van der Waals surface area contributed by atoms with Gasteiger partial charge < -0.3 is 4.74 Å². The van der Waals surface area contributed by atoms with Crippen LogP contribution >= 0.6 is 0 Å². The van der Waals surface area contributed by atoms with Gasteiger partial charge in [0.15, 0.2) is 0 Å². The molecule has 0 aliphatic rings. The van der Waals surface area contributed by atoms with Crippen molar-refractivity contribution >= 4 is 16.8 Å². The van der Waals surface area contributed by atoms with E-state index in [4.69, 9.17) is 4.74 Å². The number of hydrogen-bond acceptors (Lipinski definition) is 3. The van der Waals surface area contributed by atoms with Gasteiger partial charge in [-0.1, -0.05) is 19.8 Å². The van der Waals surface area contributed by atoms with Gasteiger partial charge >= 0.3 is 5.97 Å². The first-order chi connectivity index (χ1) is 7.28. The number of carbonyl (C=O) groups excluding carboxylic acids is 1. The second kappa shape index (κ2) is 7.05. The van der Waals surface area contributed by atoms with Crippen molar-refractivity contribution in [3.8, 4) is 0 Å². The fourth-order valence-electron chi connectivity index (χ4n) is 1.16. The van der Waals surface area contributed by atoms with E-state index >= 15 is 0 Å². The Morgan fingerprint density at radius 2 is 1.88 bits per heavy atom. The van der Waals surface area contributed by atoms with E-state index in [-0.39, 0.29) is 5.97 Å². The zero-order chi connectivity index (χ0) is 12.8. The van der Waals surface area contributed by atoms with Crippen molar-refractivity contribution < 1.29 is 13.7 Å². The van der Waals surface area contributed by atoms with Crippen LogP contribution in [0.3, 0.4) is 0 Å². The summed E-state index contributed by atoms with van der Waals surface area (Å²) in [7, 11) is -1.11. The molecule has 2 unspecified atom stereocenters. The quantitative estimate of drug-likeness (QED) is 0.536. The van der Waals surface area contributed by atoms with Gasteiger partial charge in [0.1, 0.15) is 10.9 Å². The lowest BCUT2D eigenvalue weighted by atomic mass is 10.2. The van der Waals surface area contributed by atoms with Crippen LogP contribution in [-0.4, -0.2) is 26.8 Å². The lowest BCUT2D eigenvalue weighted by Gasteiger charge is -2.21. The predicted octanol–water partition coefficient (Wildman–Crippen LogP) is 2.66. The molecule has 0 amide bonds. The molecule has 0 aromatic heterocycles. The summed E-state index contributed by atoms with van der Waals surface area (Å²) in [6, 6.07) is 0. The van der Waals surface area contributed by atoms with Crippen LogP contribution in [-0.2, 0) is 20.3 Å². The Hall–Kier alpha value is -0.380. The maximum absolute atomic E-state index is 11.8. The lowest BCUT2D eigenvalue weighted by Crippen LogP contribution is -2.33. The summed E-state index contributed by atoms with van der Waals surface area (Å²) >= 11 is 0. The molecular formula is C12H24O3S. The summed E-state index contributed by atoms with van der Waals surface area (Å²) in [6.45, 7) is 9.23. The Kier molecular flexibility index (Phi) is 6.88. The van der Waals surface area contributed by atoms with E-state index in [1.54, 1.807) is 6.92 Å². The number of unbranched alkanes of at least 4 members (excludes halogenated alkanes) is 2. The minimum Gasteiger partial charge on any atom is -0.459 e. The SMILES string of the molecule is CCCCCS(=O)C(C)C(=O)OC(C)(C)C. The maximum Gasteiger partial charge on any atom is 0.321 e. The molecule has 0 rings (SSSR count). The minimum absolute atomic E-state index is 0.359. The molecule has 0 aromatic carbocycles. The smallest absolute Gasteiger partial charge is 0.321 e. The molecule has 0 saturated heterocycles. The van der Waals surface area contributed by atoms with Gasteiger partial charge in [-0.3, -0.25) is 9.00 Å². The monoisotopic (exact) mass is 248 g/mol. The highest BCUT2D eigenvalue weighted by atomic mass is 32.2. The Balaban J connectivity index is 4.07. The predicted molar refractivity (Wildman–Crippen MR) is 67.8 cm³/mol. The summed E-state index contributed by atoms with van der Waals surface area (Å²) in [5, 5.41) is -0.518. The average molecular weight is 248 g/mol. The summed E-state index contributed by atoms with van der Waals surface area (Å²) < 4.78 is 17.0. The van der Waals surface area contributed by atoms with Gasteiger partial charge in [-0.05, 0) is 34.1 Å². The van der Waals surface area contributed by atoms with Crippen LogP contribution in [0.5, 0.6) is 0 Å². The van der Waals surface area contributed by atoms with Crippen molar-refractivity contribution in [2.45, 2.75) is 64.7 Å². The van der Waals surface area contributed by atoms with E-state index in [0.29, 0.717) is 5.75 Å². The van der Waals surface area contributed by atoms with Crippen molar-refractivity contribution in [2.24, 2.45) is 0 Å². The summed E-state index contributed by atoms with van der Waals surface area (Å²) in [5.41, 5.74) is -0.501. The second-order valence-corrected chi connectivity index (χ2v) is 6.84. The van der Waals surface area contributed by atoms with E-state index in [1.165, 1.54) is 0 Å². The number of rotatable bonds is 6. The molecule has 0 bridgehead atoms. The maximum atomic E-state index is 11.8. The van der Waals surface area contributed by atoms with Crippen LogP contribution in [0.15, 0.2) is 0 Å². The molecule has 2 atom stereocenters. The van der Waals surface area contributed by atoms with Gasteiger partial charge in [-0.25, -0.2) is 0 Å². The molecule has 0 N–H and O–H groups in total. The molecule has 0 saturated carbocycles. The highest BCUT2D eigenvalue weighted by molar-refractivity contribution is 7.86. The minimum atomic E-state index is -1.11. The fourth-order valence-corrected chi connectivity index (χ4v) is 2.27. The standard InChI is InChI=1S/C12H24O3S/c1-6-7-8-9-16(14)10(2)11(13)15-12(3,4)5/h10H,6-9H2,1-5H3. The van der Waals surface area contributed by atoms with Gasteiger partial charge in [0.2, 0.25) is 0 Å². The molecule has 96 valence electrons. The number of hydrogen-bond donors (Lipinski definition) is 0. The normalized spacial score (nSPS) is 15.6. The van der Waals surface area contributed by atoms with Gasteiger partial charge in [0.05, 0.1) is 0 Å². The van der Waals surface area contributed by atoms with Crippen molar-refractivity contribution in [1.29, 1.82) is 0 Å². The van der Waals surface area contributed by atoms with Crippen molar-refractivity contribution in [3.63, 3.8) is 0 Å². The second-order valence-electron chi connectivity index (χ2n) is 4.97. The van der Waals surface area contributed by atoms with Gasteiger partial charge in [0.25, 0.3) is 0 Å². The topological polar surface area (TPSA) is 43.4 Å². The molecule has 0 heterocycles. The number of esters is 1. The van der Waals surface area contributed by atoms with E-state index in [1.807, 2.05) is 20.8 Å². The Bertz CT molecular complexity index is 243. The molecule has 0 spiro atoms. The molecule has 0 aromatic rings. The molecule has 0 fully saturated rings. The zero-order valence-electron chi connectivity index (χ0n) is 11.0. The summed E-state index contributed by atoms with van der Waals surface area (Å²) in [4.78, 5) is 11.6. The van der Waals surface area contributed by atoms with Crippen LogP contribution in [0.25, 0.3) is 0 Å². The molecule has 4 heteroatoms. The van der Waals surface area contributed by atoms with Crippen molar-refractivity contribution in [2.75, 3.05) is 5.75 Å². The molecule has 0 aliphatic carbocycles. The van der Waals surface area contributed by atoms with E-state index in [2.05, 4.69) is 6.92 Å². The van der Waals surface area contributed by atoms with E-state index in [9.17, 15) is 9.00 Å². The van der Waals surface area contributed by atoms with Gasteiger partial charge in [0, 0.05) is 16.6 Å². The largest absolute Gasteiger partial charge is 0.459 e. The summed E-state index contributed by atoms with van der Waals surface area (Å²) in [6.07, 6.45) is 3.07. The number of carbonyl (C=O) groups is 1. The molecule has 3 nitrogen and oxygen atoms in total. The van der Waals surface area contributed by atoms with Crippen molar-refractivity contribution in [1.82, 2.24) is 0 Å². The van der Waals surface area contributed by atoms with Crippen LogP contribution in [0.2, 0.25) is 0 Å². The average Bonchev–Trinajstić information content (AvgIpc) is 2.14. The first-order valence-electron chi connectivity index (χ1n) is 5.88. The Morgan fingerprint density at radius 1 is 1.31 bits per heavy atom. The molecular weight excluding hydrogens is 224 g/mol. The van der Waals surface area contributed by atoms with Crippen LogP contribution in [0, 0.1) is 0 Å². The zero-order valence-corrected chi connectivity index (χ0v) is 11.9. The van der Waals surface area contributed by atoms with Crippen LogP contribution in [0.4, 0.5) is 0 Å². The molecule has 0 aliphatic heterocycles. The molecule has 16 heavy (non-hydrogen) atoms. The van der Waals surface area contributed by atoms with Gasteiger partial charge in [-0.2, -0.15) is 0 Å². The lowest BCUT2D eigenvalue weighted by molar-refractivity contribution is -0.153. The van der Waals surface area contributed by atoms with Crippen molar-refractivity contribution in [3.05, 3.63) is 0 Å². The third kappa shape index (κ3) is 6.99. The summed E-state index contributed by atoms with van der Waals surface area (Å²) in [5.74, 6) is 0.233. The third-order valence-corrected chi connectivity index (χ3v) is 3.75. The fraction of sp³-hybridized carbons (Fsp3) is 0.917. The Morgan fingerprint density at radius 3 is 2.31 bits per heavy atom. The first kappa shape index (κ1) is 15.6. The highest BCUT2D eigenvalue weighted by Gasteiger charge is 2.25.